The Bertz CT molecular complexity index is 884. The van der Waals surface area contributed by atoms with Gasteiger partial charge in [0.25, 0.3) is 0 Å². The maximum Gasteiger partial charge on any atom is 0.149 e. The molecule has 0 unspecified atom stereocenters. The highest BCUT2D eigenvalue weighted by molar-refractivity contribution is 5.96. The minimum Gasteiger partial charge on any atom is -0.396 e. The van der Waals surface area contributed by atoms with Crippen molar-refractivity contribution in [1.82, 2.24) is 15.1 Å². The predicted molar refractivity (Wildman–Crippen MR) is 133 cm³/mol. The maximum atomic E-state index is 10.6. The molecular formula is C28H44N4O. The highest BCUT2D eigenvalue weighted by atomic mass is 16.3. The van der Waals surface area contributed by atoms with Crippen LogP contribution in [0.3, 0.4) is 0 Å². The van der Waals surface area contributed by atoms with Gasteiger partial charge in [-0.15, -0.1) is 0 Å². The number of rotatable bonds is 4. The van der Waals surface area contributed by atoms with Crippen LogP contribution in [0.25, 0.3) is 0 Å². The number of nitrogens with one attached hydrogen (secondary N) is 2. The molecule has 3 N–H and O–H groups in total. The normalized spacial score (nSPS) is 36.9. The topological polar surface area (TPSA) is 76.0 Å². The molecule has 33 heavy (non-hydrogen) atoms. The van der Waals surface area contributed by atoms with E-state index in [0.29, 0.717) is 17.7 Å². The van der Waals surface area contributed by atoms with E-state index in [1.807, 2.05) is 0 Å². The van der Waals surface area contributed by atoms with Gasteiger partial charge in [0, 0.05) is 31.0 Å². The van der Waals surface area contributed by atoms with E-state index in [1.54, 1.807) is 0 Å². The van der Waals surface area contributed by atoms with Gasteiger partial charge >= 0.3 is 0 Å². The van der Waals surface area contributed by atoms with E-state index in [2.05, 4.69) is 35.5 Å². The van der Waals surface area contributed by atoms with Gasteiger partial charge in [0.15, 0.2) is 0 Å². The number of aromatic amines is 1. The highest BCUT2D eigenvalue weighted by Crippen LogP contribution is 2.56. The number of piperidine rings is 1. The summed E-state index contributed by atoms with van der Waals surface area (Å²) in [5.74, 6) is 3.70. The number of hydrogen-bond donors (Lipinski definition) is 3. The zero-order valence-electron chi connectivity index (χ0n) is 20.8. The van der Waals surface area contributed by atoms with Gasteiger partial charge < -0.3 is 10.0 Å². The first-order valence-corrected chi connectivity index (χ1v) is 13.6. The third-order valence-electron chi connectivity index (χ3n) is 10.3. The average Bonchev–Trinajstić information content (AvgIpc) is 3.16. The summed E-state index contributed by atoms with van der Waals surface area (Å²) in [5.41, 5.74) is 4.84. The largest absolute Gasteiger partial charge is 0.396 e. The highest BCUT2D eigenvalue weighted by Gasteiger charge is 2.51. The predicted octanol–water partition coefficient (Wildman–Crippen LogP) is 5.34. The molecule has 0 amide bonds. The molecule has 2 heterocycles. The summed E-state index contributed by atoms with van der Waals surface area (Å²) in [6, 6.07) is 0. The third-order valence-corrected chi connectivity index (χ3v) is 10.3. The van der Waals surface area contributed by atoms with Crippen LogP contribution in [0, 0.1) is 40.4 Å². The fourth-order valence-electron chi connectivity index (χ4n) is 8.23. The third kappa shape index (κ3) is 3.98. The van der Waals surface area contributed by atoms with Crippen molar-refractivity contribution in [2.45, 2.75) is 84.5 Å². The smallest absolute Gasteiger partial charge is 0.149 e. The Labute approximate surface area is 199 Å². The molecule has 4 aliphatic rings. The van der Waals surface area contributed by atoms with Gasteiger partial charge in [-0.3, -0.25) is 10.5 Å². The lowest BCUT2D eigenvalue weighted by Gasteiger charge is -2.50. The van der Waals surface area contributed by atoms with Crippen LogP contribution >= 0.6 is 0 Å². The fraction of sp³-hybridized carbons (Fsp3) is 0.786. The number of aliphatic hydroxyl groups excluding tert-OH is 1. The van der Waals surface area contributed by atoms with E-state index in [1.165, 1.54) is 68.9 Å². The van der Waals surface area contributed by atoms with Crippen LogP contribution in [0.5, 0.6) is 0 Å². The zero-order valence-corrected chi connectivity index (χ0v) is 20.8. The van der Waals surface area contributed by atoms with Crippen LogP contribution in [0.1, 0.15) is 88.6 Å². The molecule has 1 aromatic heterocycles. The Kier molecular flexibility index (Phi) is 6.45. The molecule has 1 aromatic rings. The molecule has 0 radical (unpaired) electrons. The summed E-state index contributed by atoms with van der Waals surface area (Å²) >= 11 is 0. The SMILES string of the molecule is C=C1CC[C@@H]2C[C@H]1CC[C@H]([C@@]1(C)Cc3c(C(=N)N4CCCCC4)n[nH]c3C[C@@H]1CO)[C@H]2CC. The molecule has 0 aromatic carbocycles. The maximum absolute atomic E-state index is 10.6. The first-order valence-electron chi connectivity index (χ1n) is 13.6. The van der Waals surface area contributed by atoms with Gasteiger partial charge in [-0.05, 0) is 99.2 Å². The number of nitrogens with zero attached hydrogens (tertiary/aromatic N) is 2. The van der Waals surface area contributed by atoms with Crippen LogP contribution in [0.4, 0.5) is 0 Å². The van der Waals surface area contributed by atoms with Crippen molar-refractivity contribution in [3.8, 4) is 0 Å². The lowest BCUT2D eigenvalue weighted by atomic mass is 9.54. The van der Waals surface area contributed by atoms with Crippen molar-refractivity contribution in [3.63, 3.8) is 0 Å². The lowest BCUT2D eigenvalue weighted by Crippen LogP contribution is -2.47. The Balaban J connectivity index is 1.47. The van der Waals surface area contributed by atoms with Crippen molar-refractivity contribution in [3.05, 3.63) is 29.1 Å². The summed E-state index contributed by atoms with van der Waals surface area (Å²) in [6.07, 6.45) is 13.0. The number of hydrogen-bond acceptors (Lipinski definition) is 3. The van der Waals surface area contributed by atoms with Crippen LogP contribution in [0.2, 0.25) is 0 Å². The summed E-state index contributed by atoms with van der Waals surface area (Å²) < 4.78 is 0. The molecule has 2 bridgehead atoms. The van der Waals surface area contributed by atoms with E-state index in [-0.39, 0.29) is 17.9 Å². The number of aromatic nitrogens is 2. The molecule has 1 saturated heterocycles. The minimum absolute atomic E-state index is 0.0437. The molecule has 3 fully saturated rings. The second-order valence-electron chi connectivity index (χ2n) is 11.8. The van der Waals surface area contributed by atoms with Gasteiger partial charge in [0.2, 0.25) is 0 Å². The van der Waals surface area contributed by atoms with E-state index < -0.39 is 0 Å². The van der Waals surface area contributed by atoms with Crippen molar-refractivity contribution in [2.24, 2.45) is 35.0 Å². The van der Waals surface area contributed by atoms with Crippen molar-refractivity contribution < 1.29 is 5.11 Å². The molecule has 0 spiro atoms. The minimum atomic E-state index is 0.0437. The first kappa shape index (κ1) is 23.1. The van der Waals surface area contributed by atoms with Crippen LogP contribution < -0.4 is 0 Å². The number of fused-ring (bicyclic) bond motifs is 3. The van der Waals surface area contributed by atoms with Crippen LogP contribution in [-0.2, 0) is 12.8 Å². The Morgan fingerprint density at radius 2 is 2.03 bits per heavy atom. The Hall–Kier alpha value is -1.62. The first-order chi connectivity index (χ1) is 16.0. The molecule has 6 atom stereocenters. The lowest BCUT2D eigenvalue weighted by molar-refractivity contribution is -0.0106. The second-order valence-corrected chi connectivity index (χ2v) is 11.8. The summed E-state index contributed by atoms with van der Waals surface area (Å²) in [5, 5.41) is 27.5. The van der Waals surface area contributed by atoms with Crippen molar-refractivity contribution in [1.29, 1.82) is 5.41 Å². The van der Waals surface area contributed by atoms with Gasteiger partial charge in [-0.1, -0.05) is 32.4 Å². The standard InChI is InChI=1S/C28H44N4O/c1-4-22-20-9-8-18(2)19(14-20)10-11-24(22)28(3)16-23-25(15-21(28)17-33)30-31-26(23)27(29)32-12-6-5-7-13-32/h19-22,24,29,33H,2,4-17H2,1,3H3,(H,30,31)/t19-,20-,21-,22+,24+,28+/m1/s1. The van der Waals surface area contributed by atoms with Crippen LogP contribution in [0.15, 0.2) is 12.2 Å². The van der Waals surface area contributed by atoms with Gasteiger partial charge in [0.05, 0.1) is 0 Å². The quantitative estimate of drug-likeness (QED) is 0.328. The molecule has 5 heteroatoms. The monoisotopic (exact) mass is 452 g/mol. The van der Waals surface area contributed by atoms with Gasteiger partial charge in [0.1, 0.15) is 11.5 Å². The molecule has 5 nitrogen and oxygen atoms in total. The molecule has 2 saturated carbocycles. The van der Waals surface area contributed by atoms with Gasteiger partial charge in [-0.25, -0.2) is 0 Å². The number of allylic oxidation sites excluding steroid dienone is 1. The van der Waals surface area contributed by atoms with Crippen molar-refractivity contribution in [2.75, 3.05) is 19.7 Å². The fourth-order valence-corrected chi connectivity index (χ4v) is 8.23. The second kappa shape index (κ2) is 9.20. The molecule has 1 aliphatic heterocycles. The molecule has 5 rings (SSSR count). The Morgan fingerprint density at radius 1 is 1.24 bits per heavy atom. The van der Waals surface area contributed by atoms with E-state index in [0.717, 1.165) is 49.2 Å². The number of likely N-dealkylation sites (tertiary alicyclic amines) is 1. The van der Waals surface area contributed by atoms with Crippen LogP contribution in [-0.4, -0.2) is 45.7 Å². The van der Waals surface area contributed by atoms with Crippen molar-refractivity contribution >= 4 is 5.84 Å². The van der Waals surface area contributed by atoms with E-state index >= 15 is 0 Å². The summed E-state index contributed by atoms with van der Waals surface area (Å²) in [6.45, 7) is 11.5. The molecular weight excluding hydrogens is 408 g/mol. The number of H-pyrrole nitrogens is 1. The summed E-state index contributed by atoms with van der Waals surface area (Å²) in [7, 11) is 0. The van der Waals surface area contributed by atoms with E-state index in [9.17, 15) is 5.11 Å². The van der Waals surface area contributed by atoms with Gasteiger partial charge in [-0.2, -0.15) is 5.10 Å². The summed E-state index contributed by atoms with van der Waals surface area (Å²) in [4.78, 5) is 2.23. The number of aliphatic hydroxyl groups is 1. The van der Waals surface area contributed by atoms with E-state index in [4.69, 9.17) is 5.41 Å². The average molecular weight is 453 g/mol. The number of amidine groups is 1. The zero-order chi connectivity index (χ0) is 23.2. The Morgan fingerprint density at radius 3 is 2.76 bits per heavy atom. The molecule has 182 valence electrons. The molecule has 3 aliphatic carbocycles.